The van der Waals surface area contributed by atoms with Crippen molar-refractivity contribution in [3.63, 3.8) is 0 Å². The van der Waals surface area contributed by atoms with E-state index >= 15 is 0 Å². The molecule has 0 aliphatic carbocycles. The fraction of sp³-hybridized carbons (Fsp3) is 0.471. The van der Waals surface area contributed by atoms with E-state index in [1.165, 1.54) is 6.39 Å². The molecule has 2 aromatic rings. The smallest absolute Gasteiger partial charge is 0.276 e. The number of carbonyl (C=O) groups is 2. The molecule has 8 heteroatoms. The number of aryl methyl sites for hydroxylation is 3. The van der Waals surface area contributed by atoms with Crippen molar-refractivity contribution < 1.29 is 14.0 Å². The second-order valence-electron chi connectivity index (χ2n) is 6.14. The first-order valence-corrected chi connectivity index (χ1v) is 8.26. The molecule has 0 aromatic carbocycles. The summed E-state index contributed by atoms with van der Waals surface area (Å²) in [6, 6.07) is 1.70. The second-order valence-corrected chi connectivity index (χ2v) is 6.14. The number of rotatable bonds is 2. The molecule has 1 aliphatic rings. The van der Waals surface area contributed by atoms with Crippen molar-refractivity contribution in [3.05, 3.63) is 41.1 Å². The van der Waals surface area contributed by atoms with Crippen molar-refractivity contribution in [2.45, 2.75) is 27.2 Å². The monoisotopic (exact) mass is 343 g/mol. The first-order valence-electron chi connectivity index (χ1n) is 8.26. The zero-order valence-corrected chi connectivity index (χ0v) is 14.7. The summed E-state index contributed by atoms with van der Waals surface area (Å²) >= 11 is 0. The van der Waals surface area contributed by atoms with Crippen molar-refractivity contribution in [2.75, 3.05) is 26.2 Å². The topological polar surface area (TPSA) is 92.4 Å². The Bertz CT molecular complexity index is 781. The van der Waals surface area contributed by atoms with Crippen LogP contribution in [0.2, 0.25) is 0 Å². The fourth-order valence-corrected chi connectivity index (χ4v) is 2.97. The molecule has 8 nitrogen and oxygen atoms in total. The zero-order chi connectivity index (χ0) is 18.0. The first-order chi connectivity index (χ1) is 12.0. The van der Waals surface area contributed by atoms with Crippen molar-refractivity contribution in [2.24, 2.45) is 0 Å². The molecule has 1 aliphatic heterocycles. The fourth-order valence-electron chi connectivity index (χ4n) is 2.97. The number of nitrogens with zero attached hydrogens (tertiary/aromatic N) is 5. The third-order valence-electron chi connectivity index (χ3n) is 4.20. The number of aromatic nitrogens is 3. The van der Waals surface area contributed by atoms with Crippen molar-refractivity contribution >= 4 is 11.8 Å². The maximum atomic E-state index is 12.7. The summed E-state index contributed by atoms with van der Waals surface area (Å²) in [7, 11) is 0. The molecule has 1 fully saturated rings. The highest BCUT2D eigenvalue weighted by Gasteiger charge is 2.26. The zero-order valence-electron chi connectivity index (χ0n) is 14.7. The van der Waals surface area contributed by atoms with Gasteiger partial charge in [0.25, 0.3) is 11.8 Å². The summed E-state index contributed by atoms with van der Waals surface area (Å²) in [6.07, 6.45) is 1.98. The summed E-state index contributed by atoms with van der Waals surface area (Å²) in [6.45, 7) is 7.41. The van der Waals surface area contributed by atoms with Crippen LogP contribution in [0, 0.1) is 20.8 Å². The Morgan fingerprint density at radius 3 is 2.28 bits per heavy atom. The number of carbonyl (C=O) groups excluding carboxylic acids is 2. The van der Waals surface area contributed by atoms with Gasteiger partial charge in [0.1, 0.15) is 17.3 Å². The minimum atomic E-state index is -0.158. The average molecular weight is 343 g/mol. The molecular weight excluding hydrogens is 322 g/mol. The molecule has 0 N–H and O–H groups in total. The lowest BCUT2D eigenvalue weighted by molar-refractivity contribution is 0.0712. The summed E-state index contributed by atoms with van der Waals surface area (Å²) in [4.78, 5) is 41.2. The van der Waals surface area contributed by atoms with Crippen LogP contribution in [0.25, 0.3) is 0 Å². The van der Waals surface area contributed by atoms with Crippen LogP contribution in [0.1, 0.15) is 44.7 Å². The van der Waals surface area contributed by atoms with Gasteiger partial charge < -0.3 is 14.2 Å². The van der Waals surface area contributed by atoms with E-state index in [1.54, 1.807) is 29.7 Å². The lowest BCUT2D eigenvalue weighted by Crippen LogP contribution is -2.38. The van der Waals surface area contributed by atoms with E-state index in [-0.39, 0.29) is 11.8 Å². The van der Waals surface area contributed by atoms with Gasteiger partial charge in [-0.3, -0.25) is 9.59 Å². The molecule has 1 saturated heterocycles. The Hall–Kier alpha value is -2.77. The third kappa shape index (κ3) is 3.67. The van der Waals surface area contributed by atoms with Gasteiger partial charge in [-0.2, -0.15) is 0 Å². The van der Waals surface area contributed by atoms with Gasteiger partial charge in [-0.05, 0) is 33.3 Å². The van der Waals surface area contributed by atoms with Crippen LogP contribution in [0.3, 0.4) is 0 Å². The summed E-state index contributed by atoms with van der Waals surface area (Å²) in [5, 5.41) is 0. The van der Waals surface area contributed by atoms with Crippen molar-refractivity contribution in [1.82, 2.24) is 24.8 Å². The second kappa shape index (κ2) is 7.00. The van der Waals surface area contributed by atoms with Crippen LogP contribution in [0.5, 0.6) is 0 Å². The Kier molecular flexibility index (Phi) is 4.78. The van der Waals surface area contributed by atoms with Gasteiger partial charge in [-0.15, -0.1) is 0 Å². The highest BCUT2D eigenvalue weighted by molar-refractivity contribution is 5.94. The minimum absolute atomic E-state index is 0.125. The van der Waals surface area contributed by atoms with E-state index in [2.05, 4.69) is 15.0 Å². The Labute approximate surface area is 145 Å². The molecule has 2 aromatic heterocycles. The average Bonchev–Trinajstić information content (AvgIpc) is 2.85. The molecule has 0 unspecified atom stereocenters. The van der Waals surface area contributed by atoms with E-state index in [4.69, 9.17) is 4.42 Å². The largest absolute Gasteiger partial charge is 0.448 e. The Balaban J connectivity index is 1.70. The van der Waals surface area contributed by atoms with Crippen LogP contribution in [-0.4, -0.2) is 62.7 Å². The third-order valence-corrected chi connectivity index (χ3v) is 4.20. The molecule has 0 atom stereocenters. The lowest BCUT2D eigenvalue weighted by atomic mass is 10.2. The standard InChI is InChI=1S/C17H21N5O3/c1-11-9-14(20-13(3)19-11)16(23)21-5-4-6-22(8-7-21)17(24)15-12(2)25-10-18-15/h9-10H,4-8H2,1-3H3. The first kappa shape index (κ1) is 17.1. The van der Waals surface area contributed by atoms with Gasteiger partial charge in [0.2, 0.25) is 0 Å². The SMILES string of the molecule is Cc1cc(C(=O)N2CCCN(C(=O)c3ncoc3C)CC2)nc(C)n1. The predicted octanol–water partition coefficient (Wildman–Crippen LogP) is 1.38. The summed E-state index contributed by atoms with van der Waals surface area (Å²) < 4.78 is 5.11. The summed E-state index contributed by atoms with van der Waals surface area (Å²) in [5.41, 5.74) is 1.50. The van der Waals surface area contributed by atoms with E-state index < -0.39 is 0 Å². The Morgan fingerprint density at radius 1 is 1.00 bits per heavy atom. The normalized spacial score (nSPS) is 15.2. The molecule has 132 valence electrons. The molecule has 3 heterocycles. The molecular formula is C17H21N5O3. The van der Waals surface area contributed by atoms with Gasteiger partial charge in [-0.25, -0.2) is 15.0 Å². The van der Waals surface area contributed by atoms with Gasteiger partial charge in [0.05, 0.1) is 0 Å². The van der Waals surface area contributed by atoms with Gasteiger partial charge in [0.15, 0.2) is 12.1 Å². The van der Waals surface area contributed by atoms with E-state index in [1.807, 2.05) is 6.92 Å². The van der Waals surface area contributed by atoms with Crippen molar-refractivity contribution in [3.8, 4) is 0 Å². The van der Waals surface area contributed by atoms with E-state index in [9.17, 15) is 9.59 Å². The van der Waals surface area contributed by atoms with E-state index in [0.29, 0.717) is 55.6 Å². The lowest BCUT2D eigenvalue weighted by Gasteiger charge is -2.21. The maximum Gasteiger partial charge on any atom is 0.276 e. The number of hydrogen-bond donors (Lipinski definition) is 0. The number of oxazole rings is 1. The highest BCUT2D eigenvalue weighted by atomic mass is 16.3. The highest BCUT2D eigenvalue weighted by Crippen LogP contribution is 2.13. The van der Waals surface area contributed by atoms with Crippen LogP contribution in [-0.2, 0) is 0 Å². The molecule has 0 bridgehead atoms. The molecule has 3 rings (SSSR count). The quantitative estimate of drug-likeness (QED) is 0.818. The number of hydrogen-bond acceptors (Lipinski definition) is 6. The Morgan fingerprint density at radius 2 is 1.68 bits per heavy atom. The van der Waals surface area contributed by atoms with Crippen LogP contribution < -0.4 is 0 Å². The summed E-state index contributed by atoms with van der Waals surface area (Å²) in [5.74, 6) is 0.806. The molecule has 2 amide bonds. The number of amides is 2. The van der Waals surface area contributed by atoms with Gasteiger partial charge >= 0.3 is 0 Å². The minimum Gasteiger partial charge on any atom is -0.448 e. The van der Waals surface area contributed by atoms with Crippen molar-refractivity contribution in [1.29, 1.82) is 0 Å². The molecule has 0 spiro atoms. The molecule has 0 radical (unpaired) electrons. The van der Waals surface area contributed by atoms with Crippen LogP contribution in [0.4, 0.5) is 0 Å². The van der Waals surface area contributed by atoms with Gasteiger partial charge in [-0.1, -0.05) is 0 Å². The predicted molar refractivity (Wildman–Crippen MR) is 89.2 cm³/mol. The van der Waals surface area contributed by atoms with Gasteiger partial charge in [0, 0.05) is 31.9 Å². The molecule has 25 heavy (non-hydrogen) atoms. The molecule has 0 saturated carbocycles. The van der Waals surface area contributed by atoms with Crippen LogP contribution >= 0.6 is 0 Å². The van der Waals surface area contributed by atoms with Crippen LogP contribution in [0.15, 0.2) is 16.9 Å². The van der Waals surface area contributed by atoms with E-state index in [0.717, 1.165) is 5.69 Å². The maximum absolute atomic E-state index is 12.7.